The van der Waals surface area contributed by atoms with Crippen molar-refractivity contribution in [2.75, 3.05) is 11.9 Å². The maximum Gasteiger partial charge on any atom is 0.412 e. The first-order valence-corrected chi connectivity index (χ1v) is 6.14. The molecule has 1 amide bonds. The summed E-state index contributed by atoms with van der Waals surface area (Å²) in [5.74, 6) is 0. The number of amides is 1. The SMILES string of the molecule is CC(C)(C)OC(=O)Nc1cccc(CC(F)CO)c1. The summed E-state index contributed by atoms with van der Waals surface area (Å²) in [5, 5.41) is 11.3. The molecule has 1 aromatic carbocycles. The lowest BCUT2D eigenvalue weighted by molar-refractivity contribution is 0.0636. The van der Waals surface area contributed by atoms with E-state index in [1.807, 2.05) is 0 Å². The second-order valence-electron chi connectivity index (χ2n) is 5.31. The standard InChI is InChI=1S/C14H20FNO3/c1-14(2,3)19-13(18)16-12-6-4-5-10(8-12)7-11(15)9-17/h4-6,8,11,17H,7,9H2,1-3H3,(H,16,18). The van der Waals surface area contributed by atoms with Crippen molar-refractivity contribution in [2.24, 2.45) is 0 Å². The van der Waals surface area contributed by atoms with Gasteiger partial charge in [-0.2, -0.15) is 0 Å². The molecule has 4 nitrogen and oxygen atoms in total. The van der Waals surface area contributed by atoms with E-state index in [1.165, 1.54) is 0 Å². The highest BCUT2D eigenvalue weighted by Crippen LogP contribution is 2.15. The van der Waals surface area contributed by atoms with E-state index in [0.717, 1.165) is 0 Å². The van der Waals surface area contributed by atoms with Crippen molar-refractivity contribution in [3.8, 4) is 0 Å². The number of alkyl halides is 1. The minimum atomic E-state index is -1.29. The molecule has 0 saturated carbocycles. The summed E-state index contributed by atoms with van der Waals surface area (Å²) in [6, 6.07) is 6.81. The normalized spacial score (nSPS) is 12.9. The van der Waals surface area contributed by atoms with Crippen LogP contribution < -0.4 is 5.32 Å². The maximum absolute atomic E-state index is 13.1. The second-order valence-corrected chi connectivity index (χ2v) is 5.31. The van der Waals surface area contributed by atoms with Crippen LogP contribution >= 0.6 is 0 Å². The van der Waals surface area contributed by atoms with Gasteiger partial charge in [-0.3, -0.25) is 5.32 Å². The van der Waals surface area contributed by atoms with E-state index in [9.17, 15) is 9.18 Å². The van der Waals surface area contributed by atoms with Gasteiger partial charge in [-0.25, -0.2) is 9.18 Å². The van der Waals surface area contributed by atoms with Crippen molar-refractivity contribution in [1.29, 1.82) is 0 Å². The molecule has 106 valence electrons. The highest BCUT2D eigenvalue weighted by molar-refractivity contribution is 5.84. The Kier molecular flexibility index (Phi) is 5.30. The Balaban J connectivity index is 2.64. The minimum absolute atomic E-state index is 0.111. The largest absolute Gasteiger partial charge is 0.444 e. The zero-order valence-corrected chi connectivity index (χ0v) is 11.4. The molecule has 5 heteroatoms. The molecule has 0 aliphatic carbocycles. The summed E-state index contributed by atoms with van der Waals surface area (Å²) >= 11 is 0. The van der Waals surface area contributed by atoms with Gasteiger partial charge in [0.15, 0.2) is 0 Å². The molecule has 2 N–H and O–H groups in total. The molecule has 0 radical (unpaired) electrons. The molecule has 0 aliphatic rings. The van der Waals surface area contributed by atoms with Gasteiger partial charge in [0.25, 0.3) is 0 Å². The van der Waals surface area contributed by atoms with Crippen LogP contribution in [0.4, 0.5) is 14.9 Å². The van der Waals surface area contributed by atoms with E-state index in [2.05, 4.69) is 5.32 Å². The molecule has 1 unspecified atom stereocenters. The fourth-order valence-corrected chi connectivity index (χ4v) is 1.52. The summed E-state index contributed by atoms with van der Waals surface area (Å²) in [7, 11) is 0. The summed E-state index contributed by atoms with van der Waals surface area (Å²) in [6.07, 6.45) is -1.74. The molecule has 0 heterocycles. The fraction of sp³-hybridized carbons (Fsp3) is 0.500. The molecule has 1 rings (SSSR count). The highest BCUT2D eigenvalue weighted by Gasteiger charge is 2.16. The average molecular weight is 269 g/mol. The number of carbonyl (C=O) groups is 1. The molecule has 0 aromatic heterocycles. The van der Waals surface area contributed by atoms with Gasteiger partial charge in [0, 0.05) is 12.1 Å². The average Bonchev–Trinajstić information content (AvgIpc) is 2.26. The molecule has 0 saturated heterocycles. The van der Waals surface area contributed by atoms with Crippen molar-refractivity contribution in [1.82, 2.24) is 0 Å². The Morgan fingerprint density at radius 1 is 1.47 bits per heavy atom. The van der Waals surface area contributed by atoms with Gasteiger partial charge >= 0.3 is 6.09 Å². The van der Waals surface area contributed by atoms with Gasteiger partial charge in [0.1, 0.15) is 11.8 Å². The molecular weight excluding hydrogens is 249 g/mol. The van der Waals surface area contributed by atoms with Crippen molar-refractivity contribution in [3.63, 3.8) is 0 Å². The number of hydrogen-bond acceptors (Lipinski definition) is 3. The summed E-state index contributed by atoms with van der Waals surface area (Å²) in [4.78, 5) is 11.6. The molecule has 0 fully saturated rings. The molecule has 0 bridgehead atoms. The molecule has 0 spiro atoms. The van der Waals surface area contributed by atoms with E-state index in [4.69, 9.17) is 9.84 Å². The Labute approximate surface area is 112 Å². The van der Waals surface area contributed by atoms with Crippen LogP contribution in [0.3, 0.4) is 0 Å². The monoisotopic (exact) mass is 269 g/mol. The lowest BCUT2D eigenvalue weighted by atomic mass is 10.1. The number of halogens is 1. The summed E-state index contributed by atoms with van der Waals surface area (Å²) < 4.78 is 18.2. The van der Waals surface area contributed by atoms with Crippen LogP contribution in [0.5, 0.6) is 0 Å². The molecule has 1 atom stereocenters. The number of benzene rings is 1. The number of ether oxygens (including phenoxy) is 1. The Morgan fingerprint density at radius 2 is 2.16 bits per heavy atom. The van der Waals surface area contributed by atoms with Crippen LogP contribution in [0.25, 0.3) is 0 Å². The van der Waals surface area contributed by atoms with E-state index in [0.29, 0.717) is 11.3 Å². The number of aliphatic hydroxyl groups excluding tert-OH is 1. The van der Waals surface area contributed by atoms with Crippen LogP contribution in [-0.4, -0.2) is 29.6 Å². The van der Waals surface area contributed by atoms with Crippen molar-refractivity contribution < 1.29 is 19.0 Å². The van der Waals surface area contributed by atoms with Gasteiger partial charge in [-0.05, 0) is 38.5 Å². The van der Waals surface area contributed by atoms with E-state index in [-0.39, 0.29) is 6.42 Å². The molecule has 19 heavy (non-hydrogen) atoms. The zero-order chi connectivity index (χ0) is 14.5. The lowest BCUT2D eigenvalue weighted by Gasteiger charge is -2.19. The number of aliphatic hydroxyl groups is 1. The number of nitrogens with one attached hydrogen (secondary N) is 1. The Hall–Kier alpha value is -1.62. The van der Waals surface area contributed by atoms with Crippen molar-refractivity contribution in [3.05, 3.63) is 29.8 Å². The van der Waals surface area contributed by atoms with E-state index in [1.54, 1.807) is 45.0 Å². The molecule has 1 aromatic rings. The van der Waals surface area contributed by atoms with E-state index < -0.39 is 24.5 Å². The van der Waals surface area contributed by atoms with Crippen LogP contribution in [-0.2, 0) is 11.2 Å². The van der Waals surface area contributed by atoms with Crippen LogP contribution in [0, 0.1) is 0 Å². The summed E-state index contributed by atoms with van der Waals surface area (Å²) in [6.45, 7) is 4.82. The number of anilines is 1. The number of rotatable bonds is 4. The third kappa shape index (κ3) is 6.20. The zero-order valence-electron chi connectivity index (χ0n) is 11.4. The topological polar surface area (TPSA) is 58.6 Å². The first-order chi connectivity index (χ1) is 8.80. The third-order valence-corrected chi connectivity index (χ3v) is 2.23. The number of hydrogen-bond donors (Lipinski definition) is 2. The van der Waals surface area contributed by atoms with Gasteiger partial charge in [-0.15, -0.1) is 0 Å². The predicted octanol–water partition coefficient (Wildman–Crippen LogP) is 2.91. The van der Waals surface area contributed by atoms with Gasteiger partial charge < -0.3 is 9.84 Å². The molecular formula is C14H20FNO3. The lowest BCUT2D eigenvalue weighted by Crippen LogP contribution is -2.27. The Bertz CT molecular complexity index is 429. The summed E-state index contributed by atoms with van der Waals surface area (Å²) in [5.41, 5.74) is 0.676. The van der Waals surface area contributed by atoms with Crippen molar-refractivity contribution in [2.45, 2.75) is 39.0 Å². The van der Waals surface area contributed by atoms with Crippen LogP contribution in [0.2, 0.25) is 0 Å². The smallest absolute Gasteiger partial charge is 0.412 e. The number of carbonyl (C=O) groups excluding carboxylic acids is 1. The first-order valence-electron chi connectivity index (χ1n) is 6.14. The van der Waals surface area contributed by atoms with E-state index >= 15 is 0 Å². The fourth-order valence-electron chi connectivity index (χ4n) is 1.52. The van der Waals surface area contributed by atoms with Gasteiger partial charge in [0.2, 0.25) is 0 Å². The van der Waals surface area contributed by atoms with Gasteiger partial charge in [0.05, 0.1) is 6.61 Å². The quantitative estimate of drug-likeness (QED) is 0.883. The predicted molar refractivity (Wildman–Crippen MR) is 72.0 cm³/mol. The van der Waals surface area contributed by atoms with Crippen LogP contribution in [0.1, 0.15) is 26.3 Å². The Morgan fingerprint density at radius 3 is 2.74 bits per heavy atom. The molecule has 0 aliphatic heterocycles. The third-order valence-electron chi connectivity index (χ3n) is 2.23. The minimum Gasteiger partial charge on any atom is -0.444 e. The first kappa shape index (κ1) is 15.4. The van der Waals surface area contributed by atoms with Crippen LogP contribution in [0.15, 0.2) is 24.3 Å². The second kappa shape index (κ2) is 6.52. The van der Waals surface area contributed by atoms with Gasteiger partial charge in [-0.1, -0.05) is 12.1 Å². The maximum atomic E-state index is 13.1. The van der Waals surface area contributed by atoms with Crippen molar-refractivity contribution >= 4 is 11.8 Å². The highest BCUT2D eigenvalue weighted by atomic mass is 19.1.